The maximum absolute atomic E-state index is 13.1. The molecule has 2 aliphatic rings. The Labute approximate surface area is 190 Å². The summed E-state index contributed by atoms with van der Waals surface area (Å²) in [5.74, 6) is -1.73. The number of nitrogens with zero attached hydrogens (tertiary/aromatic N) is 2. The lowest BCUT2D eigenvalue weighted by atomic mass is 9.78. The van der Waals surface area contributed by atoms with Crippen LogP contribution in [0.1, 0.15) is 68.7 Å². The van der Waals surface area contributed by atoms with E-state index in [2.05, 4.69) is 10.3 Å². The van der Waals surface area contributed by atoms with Gasteiger partial charge < -0.3 is 10.1 Å². The van der Waals surface area contributed by atoms with Crippen LogP contribution in [0.4, 0.5) is 5.13 Å². The van der Waals surface area contributed by atoms with E-state index in [1.165, 1.54) is 4.90 Å². The molecular weight excluding hydrogens is 430 g/mol. The Morgan fingerprint density at radius 1 is 1.16 bits per heavy atom. The lowest BCUT2D eigenvalue weighted by Crippen LogP contribution is -2.41. The highest BCUT2D eigenvalue weighted by molar-refractivity contribution is 7.17. The van der Waals surface area contributed by atoms with Crippen LogP contribution in [0.25, 0.3) is 0 Å². The minimum atomic E-state index is -0.454. The van der Waals surface area contributed by atoms with Crippen molar-refractivity contribution in [1.82, 2.24) is 9.88 Å². The van der Waals surface area contributed by atoms with Crippen molar-refractivity contribution in [1.29, 1.82) is 0 Å². The summed E-state index contributed by atoms with van der Waals surface area (Å²) in [6.45, 7) is 3.91. The van der Waals surface area contributed by atoms with Crippen molar-refractivity contribution >= 4 is 40.2 Å². The molecule has 1 saturated carbocycles. The molecule has 1 aromatic carbocycles. The van der Waals surface area contributed by atoms with Crippen molar-refractivity contribution in [2.24, 2.45) is 11.8 Å². The summed E-state index contributed by atoms with van der Waals surface area (Å²) in [6, 6.07) is 6.80. The Morgan fingerprint density at radius 3 is 2.47 bits per heavy atom. The third kappa shape index (κ3) is 4.17. The molecule has 2 aromatic rings. The Kier molecular flexibility index (Phi) is 6.36. The fraction of sp³-hybridized carbons (Fsp3) is 0.435. The van der Waals surface area contributed by atoms with Crippen LogP contribution in [0, 0.1) is 18.8 Å². The zero-order chi connectivity index (χ0) is 22.8. The molecule has 1 aliphatic carbocycles. The number of thiazole rings is 1. The molecule has 2 unspecified atom stereocenters. The van der Waals surface area contributed by atoms with Gasteiger partial charge in [0.15, 0.2) is 5.13 Å². The molecule has 9 heteroatoms. The molecular formula is C23H25N3O5S. The van der Waals surface area contributed by atoms with Crippen LogP contribution < -0.4 is 5.32 Å². The molecule has 0 radical (unpaired) electrons. The summed E-state index contributed by atoms with van der Waals surface area (Å²) in [4.78, 5) is 56.6. The number of carbonyl (C=O) groups excluding carboxylic acids is 4. The van der Waals surface area contributed by atoms with Crippen LogP contribution in [0.3, 0.4) is 0 Å². The van der Waals surface area contributed by atoms with Crippen LogP contribution in [0.5, 0.6) is 0 Å². The van der Waals surface area contributed by atoms with Gasteiger partial charge in [-0.25, -0.2) is 9.78 Å². The molecule has 1 N–H and O–H groups in total. The van der Waals surface area contributed by atoms with Gasteiger partial charge in [0.2, 0.25) is 5.91 Å². The van der Waals surface area contributed by atoms with E-state index in [4.69, 9.17) is 4.74 Å². The van der Waals surface area contributed by atoms with E-state index in [1.54, 1.807) is 38.1 Å². The first-order chi connectivity index (χ1) is 15.4. The van der Waals surface area contributed by atoms with Crippen LogP contribution in [-0.4, -0.2) is 46.7 Å². The zero-order valence-electron chi connectivity index (χ0n) is 18.1. The fourth-order valence-corrected chi connectivity index (χ4v) is 5.31. The van der Waals surface area contributed by atoms with Gasteiger partial charge in [-0.1, -0.05) is 36.3 Å². The summed E-state index contributed by atoms with van der Waals surface area (Å²) in [7, 11) is 0. The normalized spacial score (nSPS) is 20.2. The second-order valence-corrected chi connectivity index (χ2v) is 9.06. The number of hydrogen-bond donors (Lipinski definition) is 1. The number of ether oxygens (including phenoxy) is 1. The molecule has 1 aromatic heterocycles. The maximum atomic E-state index is 13.1. The number of aryl methyl sites for hydroxylation is 1. The highest BCUT2D eigenvalue weighted by Gasteiger charge is 2.40. The number of nitrogens with one attached hydrogen (secondary N) is 1. The minimum Gasteiger partial charge on any atom is -0.462 e. The number of benzene rings is 1. The summed E-state index contributed by atoms with van der Waals surface area (Å²) in [5, 5.41) is 3.18. The average molecular weight is 456 g/mol. The molecule has 1 aliphatic heterocycles. The smallest absolute Gasteiger partial charge is 0.350 e. The van der Waals surface area contributed by atoms with Crippen molar-refractivity contribution in [2.45, 2.75) is 39.5 Å². The quantitative estimate of drug-likeness (QED) is 0.526. The molecule has 1 fully saturated rings. The first-order valence-corrected chi connectivity index (χ1v) is 11.6. The molecule has 32 heavy (non-hydrogen) atoms. The van der Waals surface area contributed by atoms with E-state index < -0.39 is 5.97 Å². The highest BCUT2D eigenvalue weighted by Crippen LogP contribution is 2.34. The number of fused-ring (bicyclic) bond motifs is 1. The molecule has 3 amide bonds. The molecule has 2 atom stereocenters. The molecule has 0 saturated heterocycles. The van der Waals surface area contributed by atoms with Gasteiger partial charge in [0.05, 0.1) is 23.4 Å². The first kappa shape index (κ1) is 22.1. The number of imide groups is 1. The van der Waals surface area contributed by atoms with Crippen molar-refractivity contribution in [3.05, 3.63) is 46.0 Å². The maximum Gasteiger partial charge on any atom is 0.350 e. The van der Waals surface area contributed by atoms with Crippen LogP contribution in [0.15, 0.2) is 24.3 Å². The lowest BCUT2D eigenvalue weighted by Gasteiger charge is -2.32. The molecule has 0 spiro atoms. The van der Waals surface area contributed by atoms with Gasteiger partial charge in [0.1, 0.15) is 4.88 Å². The summed E-state index contributed by atoms with van der Waals surface area (Å²) in [6.07, 6.45) is 3.29. The van der Waals surface area contributed by atoms with Gasteiger partial charge in [-0.2, -0.15) is 0 Å². The lowest BCUT2D eigenvalue weighted by molar-refractivity contribution is -0.122. The average Bonchev–Trinajstić information content (AvgIpc) is 3.27. The second kappa shape index (κ2) is 9.20. The van der Waals surface area contributed by atoms with Crippen LogP contribution in [-0.2, 0) is 9.53 Å². The molecule has 2 heterocycles. The molecule has 0 bridgehead atoms. The third-order valence-electron chi connectivity index (χ3n) is 6.03. The topological polar surface area (TPSA) is 106 Å². The molecule has 4 rings (SSSR count). The number of hydrogen-bond acceptors (Lipinski definition) is 7. The Hall–Kier alpha value is -3.07. The summed E-state index contributed by atoms with van der Waals surface area (Å²) in [5.41, 5.74) is 1.34. The second-order valence-electron chi connectivity index (χ2n) is 8.06. The Balaban J connectivity index is 1.47. The number of amides is 3. The minimum absolute atomic E-state index is 0.128. The first-order valence-electron chi connectivity index (χ1n) is 10.8. The van der Waals surface area contributed by atoms with E-state index in [-0.39, 0.29) is 42.7 Å². The fourth-order valence-electron chi connectivity index (χ4n) is 4.44. The van der Waals surface area contributed by atoms with Crippen molar-refractivity contribution < 1.29 is 23.9 Å². The van der Waals surface area contributed by atoms with E-state index in [0.717, 1.165) is 30.6 Å². The third-order valence-corrected chi connectivity index (χ3v) is 7.08. The zero-order valence-corrected chi connectivity index (χ0v) is 18.9. The van der Waals surface area contributed by atoms with Gasteiger partial charge in [0.25, 0.3) is 11.8 Å². The number of rotatable bonds is 6. The van der Waals surface area contributed by atoms with Crippen molar-refractivity contribution in [2.75, 3.05) is 18.5 Å². The van der Waals surface area contributed by atoms with E-state index in [9.17, 15) is 19.2 Å². The predicted octanol–water partition coefficient (Wildman–Crippen LogP) is 3.67. The number of aromatic nitrogens is 1. The summed E-state index contributed by atoms with van der Waals surface area (Å²) >= 11 is 1.09. The van der Waals surface area contributed by atoms with Gasteiger partial charge in [-0.3, -0.25) is 19.3 Å². The van der Waals surface area contributed by atoms with E-state index >= 15 is 0 Å². The van der Waals surface area contributed by atoms with Gasteiger partial charge in [-0.15, -0.1) is 0 Å². The predicted molar refractivity (Wildman–Crippen MR) is 119 cm³/mol. The highest BCUT2D eigenvalue weighted by atomic mass is 32.1. The Bertz CT molecular complexity index is 1040. The number of carbonyl (C=O) groups is 4. The number of esters is 1. The van der Waals surface area contributed by atoms with Gasteiger partial charge in [-0.05, 0) is 44.7 Å². The van der Waals surface area contributed by atoms with Gasteiger partial charge in [0, 0.05) is 12.5 Å². The van der Waals surface area contributed by atoms with E-state index in [0.29, 0.717) is 33.3 Å². The standard InChI is InChI=1S/C23H25N3O5S/c1-3-31-22(30)18-13(2)24-23(32-18)25-19(27)15-9-5-4-8-14(15)12-26-20(28)16-10-6-7-11-17(16)21(26)29/h6-7,10-11,14-15H,3-5,8-9,12H2,1-2H3,(H,24,25,27). The largest absolute Gasteiger partial charge is 0.462 e. The van der Waals surface area contributed by atoms with E-state index in [1.807, 2.05) is 0 Å². The SMILES string of the molecule is CCOC(=O)c1sc(NC(=O)C2CCCCC2CN2C(=O)c3ccccc3C2=O)nc1C. The van der Waals surface area contributed by atoms with Crippen molar-refractivity contribution in [3.8, 4) is 0 Å². The van der Waals surface area contributed by atoms with Gasteiger partial charge >= 0.3 is 5.97 Å². The van der Waals surface area contributed by atoms with Crippen LogP contribution in [0.2, 0.25) is 0 Å². The Morgan fingerprint density at radius 2 is 1.81 bits per heavy atom. The van der Waals surface area contributed by atoms with Crippen molar-refractivity contribution in [3.63, 3.8) is 0 Å². The molecule has 168 valence electrons. The number of anilines is 1. The summed E-state index contributed by atoms with van der Waals surface area (Å²) < 4.78 is 5.03. The molecule has 8 nitrogen and oxygen atoms in total. The monoisotopic (exact) mass is 455 g/mol. The van der Waals surface area contributed by atoms with Crippen LogP contribution >= 0.6 is 11.3 Å².